The van der Waals surface area contributed by atoms with Crippen molar-refractivity contribution < 1.29 is 9.59 Å². The number of amides is 2. The third-order valence-electron chi connectivity index (χ3n) is 3.90. The van der Waals surface area contributed by atoms with Gasteiger partial charge in [-0.3, -0.25) is 9.59 Å². The Labute approximate surface area is 145 Å². The predicted octanol–water partition coefficient (Wildman–Crippen LogP) is 2.30. The lowest BCUT2D eigenvalue weighted by Crippen LogP contribution is -2.35. The number of nitrogens with zero attached hydrogens (tertiary/aromatic N) is 1. The van der Waals surface area contributed by atoms with Crippen molar-refractivity contribution >= 4 is 23.2 Å². The number of hydrogen-bond acceptors (Lipinski definition) is 4. The number of carbonyl (C=O) groups excluding carboxylic acids is 2. The van der Waals surface area contributed by atoms with Crippen molar-refractivity contribution in [2.45, 2.75) is 26.2 Å². The number of rotatable bonds is 7. The second-order valence-electron chi connectivity index (χ2n) is 6.01. The SMILES string of the molecule is Cc1nc(Cc2ccccc2)sc1C(=O)NCCNC(=O)C1CC1. The molecular formula is C18H21N3O2S. The largest absolute Gasteiger partial charge is 0.354 e. The molecule has 1 aliphatic carbocycles. The van der Waals surface area contributed by atoms with E-state index >= 15 is 0 Å². The number of thiazole rings is 1. The van der Waals surface area contributed by atoms with Gasteiger partial charge >= 0.3 is 0 Å². The summed E-state index contributed by atoms with van der Waals surface area (Å²) >= 11 is 1.43. The molecule has 1 aliphatic rings. The quantitative estimate of drug-likeness (QED) is 0.758. The van der Waals surface area contributed by atoms with Crippen molar-refractivity contribution in [1.29, 1.82) is 0 Å². The first-order valence-electron chi connectivity index (χ1n) is 8.19. The Balaban J connectivity index is 1.50. The molecule has 24 heavy (non-hydrogen) atoms. The van der Waals surface area contributed by atoms with Crippen LogP contribution in [0.2, 0.25) is 0 Å². The maximum atomic E-state index is 12.3. The molecule has 1 aromatic carbocycles. The molecule has 0 atom stereocenters. The van der Waals surface area contributed by atoms with Gasteiger partial charge in [-0.15, -0.1) is 11.3 Å². The molecule has 0 bridgehead atoms. The molecule has 1 heterocycles. The van der Waals surface area contributed by atoms with Gasteiger partial charge in [-0.25, -0.2) is 4.98 Å². The van der Waals surface area contributed by atoms with Crippen molar-refractivity contribution in [3.63, 3.8) is 0 Å². The molecule has 0 saturated heterocycles. The Bertz CT molecular complexity index is 723. The topological polar surface area (TPSA) is 71.1 Å². The van der Waals surface area contributed by atoms with Crippen molar-refractivity contribution in [3.05, 3.63) is 51.5 Å². The molecule has 2 amide bonds. The van der Waals surface area contributed by atoms with Crippen molar-refractivity contribution in [2.75, 3.05) is 13.1 Å². The van der Waals surface area contributed by atoms with Crippen molar-refractivity contribution in [1.82, 2.24) is 15.6 Å². The summed E-state index contributed by atoms with van der Waals surface area (Å²) in [4.78, 5) is 28.9. The Hall–Kier alpha value is -2.21. The van der Waals surface area contributed by atoms with Gasteiger partial charge in [0.25, 0.3) is 5.91 Å². The molecule has 1 fully saturated rings. The fourth-order valence-electron chi connectivity index (χ4n) is 2.44. The van der Waals surface area contributed by atoms with Gasteiger partial charge in [0, 0.05) is 25.4 Å². The van der Waals surface area contributed by atoms with Crippen LogP contribution in [-0.2, 0) is 11.2 Å². The second-order valence-corrected chi connectivity index (χ2v) is 7.09. The molecular weight excluding hydrogens is 322 g/mol. The second kappa shape index (κ2) is 7.57. The van der Waals surface area contributed by atoms with Gasteiger partial charge in [0.2, 0.25) is 5.91 Å². The van der Waals surface area contributed by atoms with E-state index in [0.717, 1.165) is 30.0 Å². The van der Waals surface area contributed by atoms with E-state index in [1.807, 2.05) is 25.1 Å². The van der Waals surface area contributed by atoms with Gasteiger partial charge in [-0.1, -0.05) is 30.3 Å². The molecule has 126 valence electrons. The fourth-order valence-corrected chi connectivity index (χ4v) is 3.46. The van der Waals surface area contributed by atoms with Crippen molar-refractivity contribution in [2.24, 2.45) is 5.92 Å². The number of hydrogen-bond donors (Lipinski definition) is 2. The standard InChI is InChI=1S/C18H21N3O2S/c1-12-16(18(23)20-10-9-19-17(22)14-7-8-14)24-15(21-12)11-13-5-3-2-4-6-13/h2-6,14H,7-11H2,1H3,(H,19,22)(H,20,23). The summed E-state index contributed by atoms with van der Waals surface area (Å²) in [5.41, 5.74) is 1.94. The Kier molecular flexibility index (Phi) is 5.25. The van der Waals surface area contributed by atoms with Gasteiger partial charge in [0.05, 0.1) is 10.7 Å². The minimum absolute atomic E-state index is 0.100. The van der Waals surface area contributed by atoms with Crippen LogP contribution in [-0.4, -0.2) is 29.9 Å². The van der Waals surface area contributed by atoms with E-state index in [1.165, 1.54) is 16.9 Å². The van der Waals surface area contributed by atoms with Crippen LogP contribution in [0, 0.1) is 12.8 Å². The summed E-state index contributed by atoms with van der Waals surface area (Å²) in [5.74, 6) is 0.179. The van der Waals surface area contributed by atoms with Crippen LogP contribution in [0.4, 0.5) is 0 Å². The van der Waals surface area contributed by atoms with Gasteiger partial charge in [-0.2, -0.15) is 0 Å². The van der Waals surface area contributed by atoms with Crippen LogP contribution in [0.25, 0.3) is 0 Å². The maximum absolute atomic E-state index is 12.3. The molecule has 2 N–H and O–H groups in total. The molecule has 1 aromatic heterocycles. The average molecular weight is 343 g/mol. The third-order valence-corrected chi connectivity index (χ3v) is 5.06. The number of benzene rings is 1. The Morgan fingerprint density at radius 2 is 1.88 bits per heavy atom. The Morgan fingerprint density at radius 3 is 2.58 bits per heavy atom. The molecule has 2 aromatic rings. The summed E-state index contributed by atoms with van der Waals surface area (Å²) in [6.45, 7) is 2.76. The highest BCUT2D eigenvalue weighted by atomic mass is 32.1. The van der Waals surface area contributed by atoms with Crippen LogP contribution in [0.3, 0.4) is 0 Å². The highest BCUT2D eigenvalue weighted by molar-refractivity contribution is 7.13. The molecule has 5 nitrogen and oxygen atoms in total. The first-order chi connectivity index (χ1) is 11.6. The first kappa shape index (κ1) is 16.6. The van der Waals surface area contributed by atoms with Crippen LogP contribution in [0.5, 0.6) is 0 Å². The van der Waals surface area contributed by atoms with Crippen LogP contribution >= 0.6 is 11.3 Å². The maximum Gasteiger partial charge on any atom is 0.263 e. The van der Waals surface area contributed by atoms with E-state index in [2.05, 4.69) is 27.8 Å². The summed E-state index contributed by atoms with van der Waals surface area (Å²) in [6.07, 6.45) is 2.71. The molecule has 0 aliphatic heterocycles. The normalized spacial score (nSPS) is 13.5. The minimum Gasteiger partial charge on any atom is -0.354 e. The highest BCUT2D eigenvalue weighted by Gasteiger charge is 2.29. The van der Waals surface area contributed by atoms with Gasteiger partial charge in [0.1, 0.15) is 4.88 Å². The first-order valence-corrected chi connectivity index (χ1v) is 9.01. The summed E-state index contributed by atoms with van der Waals surface area (Å²) in [7, 11) is 0. The molecule has 1 saturated carbocycles. The fraction of sp³-hybridized carbons (Fsp3) is 0.389. The number of aromatic nitrogens is 1. The van der Waals surface area contributed by atoms with Gasteiger partial charge in [-0.05, 0) is 25.3 Å². The number of aryl methyl sites for hydroxylation is 1. The lowest BCUT2D eigenvalue weighted by Gasteiger charge is -2.05. The lowest BCUT2D eigenvalue weighted by atomic mass is 10.2. The average Bonchev–Trinajstić information content (AvgIpc) is 3.36. The molecule has 6 heteroatoms. The van der Waals surface area contributed by atoms with Crippen molar-refractivity contribution in [3.8, 4) is 0 Å². The zero-order chi connectivity index (χ0) is 16.9. The van der Waals surface area contributed by atoms with E-state index in [9.17, 15) is 9.59 Å². The minimum atomic E-state index is -0.120. The highest BCUT2D eigenvalue weighted by Crippen LogP contribution is 2.28. The number of carbonyl (C=O) groups is 2. The molecule has 0 radical (unpaired) electrons. The number of nitrogens with one attached hydrogen (secondary N) is 2. The van der Waals surface area contributed by atoms with Gasteiger partial charge < -0.3 is 10.6 Å². The van der Waals surface area contributed by atoms with E-state index < -0.39 is 0 Å². The summed E-state index contributed by atoms with van der Waals surface area (Å²) in [6, 6.07) is 10.1. The van der Waals surface area contributed by atoms with Crippen LogP contribution < -0.4 is 10.6 Å². The van der Waals surface area contributed by atoms with Crippen LogP contribution in [0.1, 0.15) is 38.8 Å². The predicted molar refractivity (Wildman–Crippen MR) is 94.2 cm³/mol. The summed E-state index contributed by atoms with van der Waals surface area (Å²) in [5, 5.41) is 6.62. The monoisotopic (exact) mass is 343 g/mol. The lowest BCUT2D eigenvalue weighted by molar-refractivity contribution is -0.122. The van der Waals surface area contributed by atoms with E-state index in [1.54, 1.807) is 0 Å². The molecule has 0 spiro atoms. The van der Waals surface area contributed by atoms with Gasteiger partial charge in [0.15, 0.2) is 0 Å². The zero-order valence-electron chi connectivity index (χ0n) is 13.7. The van der Waals surface area contributed by atoms with E-state index in [4.69, 9.17) is 0 Å². The van der Waals surface area contributed by atoms with Crippen LogP contribution in [0.15, 0.2) is 30.3 Å². The third kappa shape index (κ3) is 4.41. The molecule has 3 rings (SSSR count). The Morgan fingerprint density at radius 1 is 1.17 bits per heavy atom. The van der Waals surface area contributed by atoms with E-state index in [-0.39, 0.29) is 17.7 Å². The van der Waals surface area contributed by atoms with E-state index in [0.29, 0.717) is 18.0 Å². The smallest absolute Gasteiger partial charge is 0.263 e. The summed E-state index contributed by atoms with van der Waals surface area (Å²) < 4.78 is 0. The zero-order valence-corrected chi connectivity index (χ0v) is 14.5. The molecule has 0 unspecified atom stereocenters.